The Morgan fingerprint density at radius 1 is 1.05 bits per heavy atom. The van der Waals surface area contributed by atoms with E-state index in [4.69, 9.17) is 4.74 Å². The lowest BCUT2D eigenvalue weighted by atomic mass is 9.91. The lowest BCUT2D eigenvalue weighted by molar-refractivity contribution is 0.0683. The fraction of sp³-hybridized carbons (Fsp3) is 0.588. The fourth-order valence-corrected chi connectivity index (χ4v) is 3.47. The van der Waals surface area contributed by atoms with Crippen molar-refractivity contribution in [3.63, 3.8) is 0 Å². The van der Waals surface area contributed by atoms with Gasteiger partial charge in [0.15, 0.2) is 5.60 Å². The number of benzene rings is 1. The first kappa shape index (κ1) is 14.4. The number of anilines is 1. The van der Waals surface area contributed by atoms with Crippen LogP contribution in [-0.4, -0.2) is 37.6 Å². The van der Waals surface area contributed by atoms with Crippen LogP contribution in [0.1, 0.15) is 40.9 Å². The smallest absolute Gasteiger partial charge is 0.209 e. The zero-order valence-corrected chi connectivity index (χ0v) is 13.6. The Morgan fingerprint density at radius 3 is 2.29 bits per heavy atom. The Kier molecular flexibility index (Phi) is 3.24. The van der Waals surface area contributed by atoms with E-state index in [1.807, 2.05) is 13.8 Å². The van der Waals surface area contributed by atoms with Gasteiger partial charge in [-0.2, -0.15) is 0 Å². The summed E-state index contributed by atoms with van der Waals surface area (Å²) >= 11 is 0. The number of Topliss-reactive ketones (excluding diaryl/α,β-unsaturated/α-hetero) is 1. The number of rotatable bonds is 1. The molecule has 1 fully saturated rings. The van der Waals surface area contributed by atoms with Crippen LogP contribution in [0.4, 0.5) is 5.69 Å². The minimum Gasteiger partial charge on any atom is -0.479 e. The van der Waals surface area contributed by atoms with Crippen LogP contribution in [0, 0.1) is 20.8 Å². The average molecular weight is 288 g/mol. The van der Waals surface area contributed by atoms with Gasteiger partial charge in [0.1, 0.15) is 5.75 Å². The van der Waals surface area contributed by atoms with Gasteiger partial charge in [-0.3, -0.25) is 4.79 Å². The molecule has 1 saturated heterocycles. The Labute approximate surface area is 126 Å². The van der Waals surface area contributed by atoms with Gasteiger partial charge in [-0.15, -0.1) is 0 Å². The molecule has 0 aromatic heterocycles. The standard InChI is InChI=1S/C17H24N2O2/c1-10-11(2)15-13(16(20)17(4,5)21-15)12(3)14(10)19-8-6-18-7-9-19/h18H,6-9H2,1-5H3. The summed E-state index contributed by atoms with van der Waals surface area (Å²) in [5.74, 6) is 0.897. The number of hydrogen-bond acceptors (Lipinski definition) is 4. The first-order valence-corrected chi connectivity index (χ1v) is 7.68. The van der Waals surface area contributed by atoms with E-state index >= 15 is 0 Å². The van der Waals surface area contributed by atoms with Gasteiger partial charge in [-0.1, -0.05) is 0 Å². The van der Waals surface area contributed by atoms with Crippen molar-refractivity contribution >= 4 is 11.5 Å². The van der Waals surface area contributed by atoms with Crippen molar-refractivity contribution in [1.82, 2.24) is 5.32 Å². The Balaban J connectivity index is 2.19. The highest BCUT2D eigenvalue weighted by molar-refractivity contribution is 6.09. The molecule has 2 aliphatic heterocycles. The summed E-state index contributed by atoms with van der Waals surface area (Å²) in [5, 5.41) is 3.38. The van der Waals surface area contributed by atoms with Gasteiger partial charge in [-0.25, -0.2) is 0 Å². The van der Waals surface area contributed by atoms with Crippen LogP contribution in [0.25, 0.3) is 0 Å². The van der Waals surface area contributed by atoms with Crippen LogP contribution >= 0.6 is 0 Å². The van der Waals surface area contributed by atoms with Crippen LogP contribution in [0.5, 0.6) is 5.75 Å². The van der Waals surface area contributed by atoms with Crippen LogP contribution in [0.3, 0.4) is 0 Å². The minimum absolute atomic E-state index is 0.106. The van der Waals surface area contributed by atoms with E-state index in [2.05, 4.69) is 31.0 Å². The molecule has 114 valence electrons. The fourth-order valence-electron chi connectivity index (χ4n) is 3.47. The van der Waals surface area contributed by atoms with Crippen molar-refractivity contribution in [2.45, 2.75) is 40.2 Å². The number of ether oxygens (including phenoxy) is 1. The zero-order valence-electron chi connectivity index (χ0n) is 13.6. The van der Waals surface area contributed by atoms with Crippen LogP contribution in [0.15, 0.2) is 0 Å². The van der Waals surface area contributed by atoms with Crippen LogP contribution in [-0.2, 0) is 0 Å². The van der Waals surface area contributed by atoms with Crippen LogP contribution in [0.2, 0.25) is 0 Å². The molecule has 2 heterocycles. The molecular formula is C17H24N2O2. The molecular weight excluding hydrogens is 264 g/mol. The highest BCUT2D eigenvalue weighted by Crippen LogP contribution is 2.45. The lowest BCUT2D eigenvalue weighted by Crippen LogP contribution is -2.44. The molecule has 21 heavy (non-hydrogen) atoms. The van der Waals surface area contributed by atoms with Gasteiger partial charge in [0.25, 0.3) is 0 Å². The maximum absolute atomic E-state index is 12.7. The van der Waals surface area contributed by atoms with E-state index in [0.29, 0.717) is 0 Å². The normalized spacial score (nSPS) is 20.4. The first-order valence-electron chi connectivity index (χ1n) is 7.68. The van der Waals surface area contributed by atoms with Gasteiger partial charge in [0.05, 0.1) is 5.56 Å². The highest BCUT2D eigenvalue weighted by Gasteiger charge is 2.43. The molecule has 0 radical (unpaired) electrons. The number of fused-ring (bicyclic) bond motifs is 1. The molecule has 0 bridgehead atoms. The van der Waals surface area contributed by atoms with E-state index in [1.54, 1.807) is 0 Å². The maximum Gasteiger partial charge on any atom is 0.209 e. The lowest BCUT2D eigenvalue weighted by Gasteiger charge is -2.33. The van der Waals surface area contributed by atoms with Gasteiger partial charge in [0.2, 0.25) is 5.78 Å². The summed E-state index contributed by atoms with van der Waals surface area (Å²) < 4.78 is 5.96. The topological polar surface area (TPSA) is 41.6 Å². The number of carbonyl (C=O) groups excluding carboxylic acids is 1. The zero-order chi connectivity index (χ0) is 15.4. The van der Waals surface area contributed by atoms with Crippen LogP contribution < -0.4 is 15.0 Å². The third-order valence-corrected chi connectivity index (χ3v) is 4.78. The van der Waals surface area contributed by atoms with E-state index in [0.717, 1.165) is 48.6 Å². The second kappa shape index (κ2) is 4.73. The number of carbonyl (C=O) groups is 1. The molecule has 0 unspecified atom stereocenters. The SMILES string of the molecule is Cc1c(C)c(N2CCNCC2)c(C)c2c1OC(C)(C)C2=O. The Bertz CT molecular complexity index is 614. The summed E-state index contributed by atoms with van der Waals surface area (Å²) in [7, 11) is 0. The van der Waals surface area contributed by atoms with Crippen molar-refractivity contribution < 1.29 is 9.53 Å². The number of ketones is 1. The summed E-state index contributed by atoms with van der Waals surface area (Å²) in [5.41, 5.74) is 4.68. The van der Waals surface area contributed by atoms with Gasteiger partial charge in [-0.05, 0) is 51.3 Å². The number of hydrogen-bond donors (Lipinski definition) is 1. The number of piperazine rings is 1. The molecule has 4 heteroatoms. The molecule has 0 aliphatic carbocycles. The summed E-state index contributed by atoms with van der Waals surface area (Å²) in [6, 6.07) is 0. The molecule has 1 aromatic rings. The second-order valence-corrected chi connectivity index (χ2v) is 6.61. The van der Waals surface area contributed by atoms with Crippen molar-refractivity contribution in [2.24, 2.45) is 0 Å². The average Bonchev–Trinajstić information content (AvgIpc) is 2.69. The molecule has 0 amide bonds. The highest BCUT2D eigenvalue weighted by atomic mass is 16.5. The van der Waals surface area contributed by atoms with Crippen molar-refractivity contribution in [2.75, 3.05) is 31.1 Å². The van der Waals surface area contributed by atoms with Crippen molar-refractivity contribution in [1.29, 1.82) is 0 Å². The van der Waals surface area contributed by atoms with E-state index in [-0.39, 0.29) is 5.78 Å². The Hall–Kier alpha value is -1.55. The molecule has 0 atom stereocenters. The molecule has 0 saturated carbocycles. The molecule has 4 nitrogen and oxygen atoms in total. The second-order valence-electron chi connectivity index (χ2n) is 6.61. The third kappa shape index (κ3) is 2.04. The molecule has 2 aliphatic rings. The molecule has 3 rings (SSSR count). The first-order chi connectivity index (χ1) is 9.84. The molecule has 1 N–H and O–H groups in total. The number of nitrogens with zero attached hydrogens (tertiary/aromatic N) is 1. The summed E-state index contributed by atoms with van der Waals surface area (Å²) in [6.07, 6.45) is 0. The molecule has 1 aromatic carbocycles. The van der Waals surface area contributed by atoms with E-state index < -0.39 is 5.60 Å². The van der Waals surface area contributed by atoms with E-state index in [9.17, 15) is 4.79 Å². The maximum atomic E-state index is 12.7. The van der Waals surface area contributed by atoms with Crippen molar-refractivity contribution in [3.8, 4) is 5.75 Å². The predicted octanol–water partition coefficient (Wildman–Crippen LogP) is 2.38. The summed E-state index contributed by atoms with van der Waals surface area (Å²) in [4.78, 5) is 15.1. The van der Waals surface area contributed by atoms with Gasteiger partial charge >= 0.3 is 0 Å². The summed E-state index contributed by atoms with van der Waals surface area (Å²) in [6.45, 7) is 13.9. The predicted molar refractivity (Wildman–Crippen MR) is 84.8 cm³/mol. The minimum atomic E-state index is -0.744. The third-order valence-electron chi connectivity index (χ3n) is 4.78. The van der Waals surface area contributed by atoms with Gasteiger partial charge in [0, 0.05) is 31.9 Å². The van der Waals surface area contributed by atoms with E-state index in [1.165, 1.54) is 11.3 Å². The van der Waals surface area contributed by atoms with Crippen molar-refractivity contribution in [3.05, 3.63) is 22.3 Å². The largest absolute Gasteiger partial charge is 0.479 e. The van der Waals surface area contributed by atoms with Gasteiger partial charge < -0.3 is 15.0 Å². The number of nitrogens with one attached hydrogen (secondary N) is 1. The monoisotopic (exact) mass is 288 g/mol. The Morgan fingerprint density at radius 2 is 1.67 bits per heavy atom. The quantitative estimate of drug-likeness (QED) is 0.861. The molecule has 0 spiro atoms.